The van der Waals surface area contributed by atoms with E-state index in [1.807, 2.05) is 36.1 Å². The molecule has 1 amide bonds. The second-order valence-corrected chi connectivity index (χ2v) is 5.70. The van der Waals surface area contributed by atoms with E-state index in [-0.39, 0.29) is 24.4 Å². The molecule has 1 aromatic heterocycles. The maximum atomic E-state index is 12.7. The highest BCUT2D eigenvalue weighted by Crippen LogP contribution is 2.29. The SMILES string of the molecule is Cc1c(C(=O)N2CC(CN)CC2C)oc2ccccc12.Cl. The van der Waals surface area contributed by atoms with Crippen LogP contribution >= 0.6 is 12.4 Å². The Hall–Kier alpha value is -1.52. The van der Waals surface area contributed by atoms with Crippen LogP contribution < -0.4 is 5.73 Å². The number of amides is 1. The average molecular weight is 309 g/mol. The van der Waals surface area contributed by atoms with Crippen molar-refractivity contribution in [1.82, 2.24) is 4.90 Å². The number of para-hydroxylation sites is 1. The Labute approximate surface area is 130 Å². The molecule has 2 heterocycles. The summed E-state index contributed by atoms with van der Waals surface area (Å²) in [6.07, 6.45) is 0.974. The first-order valence-corrected chi connectivity index (χ1v) is 7.11. The summed E-state index contributed by atoms with van der Waals surface area (Å²) < 4.78 is 5.77. The minimum Gasteiger partial charge on any atom is -0.451 e. The van der Waals surface area contributed by atoms with Gasteiger partial charge >= 0.3 is 0 Å². The lowest BCUT2D eigenvalue weighted by Crippen LogP contribution is -2.34. The normalized spacial score (nSPS) is 21.6. The number of hydrogen-bond acceptors (Lipinski definition) is 3. The van der Waals surface area contributed by atoms with Gasteiger partial charge in [0.05, 0.1) is 0 Å². The molecule has 0 radical (unpaired) electrons. The van der Waals surface area contributed by atoms with Gasteiger partial charge in [-0.3, -0.25) is 4.79 Å². The summed E-state index contributed by atoms with van der Waals surface area (Å²) in [6.45, 7) is 5.38. The molecule has 0 spiro atoms. The second-order valence-electron chi connectivity index (χ2n) is 5.70. The molecular weight excluding hydrogens is 288 g/mol. The van der Waals surface area contributed by atoms with Crippen LogP contribution in [0.15, 0.2) is 28.7 Å². The van der Waals surface area contributed by atoms with E-state index in [0.717, 1.165) is 29.5 Å². The number of fused-ring (bicyclic) bond motifs is 1. The molecule has 2 aromatic rings. The number of aryl methyl sites for hydroxylation is 1. The lowest BCUT2D eigenvalue weighted by Gasteiger charge is -2.20. The smallest absolute Gasteiger partial charge is 0.290 e. The zero-order valence-electron chi connectivity index (χ0n) is 12.3. The van der Waals surface area contributed by atoms with E-state index in [1.54, 1.807) is 0 Å². The number of nitrogens with two attached hydrogens (primary N) is 1. The Kier molecular flexibility index (Phi) is 4.59. The van der Waals surface area contributed by atoms with Crippen LogP contribution in [0.4, 0.5) is 0 Å². The quantitative estimate of drug-likeness (QED) is 0.928. The van der Waals surface area contributed by atoms with E-state index >= 15 is 0 Å². The van der Waals surface area contributed by atoms with Crippen molar-refractivity contribution in [3.8, 4) is 0 Å². The van der Waals surface area contributed by atoms with Crippen LogP contribution in [-0.4, -0.2) is 29.9 Å². The predicted octanol–water partition coefficient (Wildman–Crippen LogP) is 2.97. The van der Waals surface area contributed by atoms with E-state index in [1.165, 1.54) is 0 Å². The van der Waals surface area contributed by atoms with Gasteiger partial charge < -0.3 is 15.1 Å². The van der Waals surface area contributed by atoms with Crippen molar-refractivity contribution in [1.29, 1.82) is 0 Å². The molecule has 0 bridgehead atoms. The van der Waals surface area contributed by atoms with Gasteiger partial charge in [0.1, 0.15) is 5.58 Å². The van der Waals surface area contributed by atoms with Gasteiger partial charge in [0.25, 0.3) is 5.91 Å². The summed E-state index contributed by atoms with van der Waals surface area (Å²) in [5.41, 5.74) is 7.43. The maximum Gasteiger partial charge on any atom is 0.290 e. The molecule has 0 saturated carbocycles. The fourth-order valence-corrected chi connectivity index (χ4v) is 3.10. The van der Waals surface area contributed by atoms with E-state index in [2.05, 4.69) is 6.92 Å². The molecule has 1 fully saturated rings. The molecular formula is C16H21ClN2O2. The lowest BCUT2D eigenvalue weighted by molar-refractivity contribution is 0.0712. The number of furan rings is 1. The average Bonchev–Trinajstić information content (AvgIpc) is 3.00. The van der Waals surface area contributed by atoms with Gasteiger partial charge in [-0.15, -0.1) is 12.4 Å². The fraction of sp³-hybridized carbons (Fsp3) is 0.438. The van der Waals surface area contributed by atoms with Crippen molar-refractivity contribution < 1.29 is 9.21 Å². The van der Waals surface area contributed by atoms with Gasteiger partial charge in [-0.2, -0.15) is 0 Å². The molecule has 114 valence electrons. The van der Waals surface area contributed by atoms with E-state index < -0.39 is 0 Å². The van der Waals surface area contributed by atoms with Crippen molar-refractivity contribution in [2.45, 2.75) is 26.3 Å². The number of carbonyl (C=O) groups excluding carboxylic acids is 1. The highest BCUT2D eigenvalue weighted by atomic mass is 35.5. The first-order chi connectivity index (χ1) is 9.61. The van der Waals surface area contributed by atoms with Gasteiger partial charge in [0.15, 0.2) is 5.76 Å². The first kappa shape index (κ1) is 15.9. The molecule has 2 N–H and O–H groups in total. The zero-order chi connectivity index (χ0) is 14.3. The highest BCUT2D eigenvalue weighted by Gasteiger charge is 2.34. The fourth-order valence-electron chi connectivity index (χ4n) is 3.10. The van der Waals surface area contributed by atoms with Crippen molar-refractivity contribution in [3.05, 3.63) is 35.6 Å². The maximum absolute atomic E-state index is 12.7. The van der Waals surface area contributed by atoms with E-state index in [9.17, 15) is 4.79 Å². The third-order valence-corrected chi connectivity index (χ3v) is 4.29. The highest BCUT2D eigenvalue weighted by molar-refractivity contribution is 5.99. The second kappa shape index (κ2) is 6.08. The molecule has 1 aliphatic rings. The largest absolute Gasteiger partial charge is 0.451 e. The lowest BCUT2D eigenvalue weighted by atomic mass is 10.1. The van der Waals surface area contributed by atoms with Crippen LogP contribution in [0, 0.1) is 12.8 Å². The van der Waals surface area contributed by atoms with Crippen molar-refractivity contribution >= 4 is 29.3 Å². The number of carbonyl (C=O) groups is 1. The molecule has 3 rings (SSSR count). The molecule has 2 unspecified atom stereocenters. The Bertz CT molecular complexity index is 653. The van der Waals surface area contributed by atoms with Crippen molar-refractivity contribution in [2.24, 2.45) is 11.7 Å². The van der Waals surface area contributed by atoms with Gasteiger partial charge in [-0.05, 0) is 38.8 Å². The Balaban J connectivity index is 0.00000161. The van der Waals surface area contributed by atoms with Crippen LogP contribution in [0.3, 0.4) is 0 Å². The standard InChI is InChI=1S/C16H20N2O2.ClH/c1-10-7-12(8-17)9-18(10)16(19)15-11(2)13-5-3-4-6-14(13)20-15;/h3-6,10,12H,7-9,17H2,1-2H3;1H. The molecule has 1 aliphatic heterocycles. The van der Waals surface area contributed by atoms with Crippen LogP contribution in [0.1, 0.15) is 29.5 Å². The monoisotopic (exact) mass is 308 g/mol. The number of rotatable bonds is 2. The van der Waals surface area contributed by atoms with Crippen LogP contribution in [0.5, 0.6) is 0 Å². The van der Waals surface area contributed by atoms with Crippen LogP contribution in [-0.2, 0) is 0 Å². The van der Waals surface area contributed by atoms with Gasteiger partial charge in [0, 0.05) is 23.5 Å². The van der Waals surface area contributed by atoms with Crippen molar-refractivity contribution in [3.63, 3.8) is 0 Å². The third kappa shape index (κ3) is 2.65. The molecule has 1 aromatic carbocycles. The van der Waals surface area contributed by atoms with Gasteiger partial charge in [0.2, 0.25) is 0 Å². The number of nitrogens with zero attached hydrogens (tertiary/aromatic N) is 1. The molecule has 21 heavy (non-hydrogen) atoms. The molecule has 4 nitrogen and oxygen atoms in total. The predicted molar refractivity (Wildman–Crippen MR) is 85.9 cm³/mol. The van der Waals surface area contributed by atoms with Crippen molar-refractivity contribution in [2.75, 3.05) is 13.1 Å². The molecule has 2 atom stereocenters. The van der Waals surface area contributed by atoms with E-state index in [4.69, 9.17) is 10.2 Å². The van der Waals surface area contributed by atoms with Gasteiger partial charge in [-0.25, -0.2) is 0 Å². The Morgan fingerprint density at radius 2 is 2.14 bits per heavy atom. The summed E-state index contributed by atoms with van der Waals surface area (Å²) in [6, 6.07) is 7.99. The molecule has 5 heteroatoms. The van der Waals surface area contributed by atoms with E-state index in [0.29, 0.717) is 18.2 Å². The molecule has 0 aliphatic carbocycles. The summed E-state index contributed by atoms with van der Waals surface area (Å²) in [5.74, 6) is 0.858. The summed E-state index contributed by atoms with van der Waals surface area (Å²) in [7, 11) is 0. The summed E-state index contributed by atoms with van der Waals surface area (Å²) >= 11 is 0. The zero-order valence-corrected chi connectivity index (χ0v) is 13.2. The minimum absolute atomic E-state index is 0. The van der Waals surface area contributed by atoms with Crippen LogP contribution in [0.2, 0.25) is 0 Å². The summed E-state index contributed by atoms with van der Waals surface area (Å²) in [5, 5.41) is 1.01. The number of likely N-dealkylation sites (tertiary alicyclic amines) is 1. The third-order valence-electron chi connectivity index (χ3n) is 4.29. The van der Waals surface area contributed by atoms with Crippen LogP contribution in [0.25, 0.3) is 11.0 Å². The topological polar surface area (TPSA) is 59.5 Å². The first-order valence-electron chi connectivity index (χ1n) is 7.11. The molecule has 1 saturated heterocycles. The van der Waals surface area contributed by atoms with Gasteiger partial charge in [-0.1, -0.05) is 18.2 Å². The Morgan fingerprint density at radius 3 is 2.76 bits per heavy atom. The number of halogens is 1. The number of hydrogen-bond donors (Lipinski definition) is 1. The Morgan fingerprint density at radius 1 is 1.43 bits per heavy atom. The summed E-state index contributed by atoms with van der Waals surface area (Å²) in [4.78, 5) is 14.6. The minimum atomic E-state index is -0.0119. The number of benzene rings is 1.